The van der Waals surface area contributed by atoms with E-state index in [4.69, 9.17) is 10.6 Å². The van der Waals surface area contributed by atoms with Gasteiger partial charge in [0.05, 0.1) is 11.0 Å². The first-order valence-corrected chi connectivity index (χ1v) is 5.84. The maximum atomic E-state index is 13.5. The zero-order chi connectivity index (χ0) is 14.7. The van der Waals surface area contributed by atoms with Crippen LogP contribution < -0.4 is 16.0 Å². The predicted molar refractivity (Wildman–Crippen MR) is 65.1 cm³/mol. The number of nitrogen functional groups attached to an aromatic ring is 1. The molecule has 0 saturated carbocycles. The van der Waals surface area contributed by atoms with E-state index in [-0.39, 0.29) is 6.61 Å². The molecule has 11 heteroatoms. The van der Waals surface area contributed by atoms with E-state index in [0.717, 1.165) is 11.5 Å². The van der Waals surface area contributed by atoms with E-state index < -0.39 is 28.0 Å². The maximum Gasteiger partial charge on any atom is 0.307 e. The maximum absolute atomic E-state index is 13.5. The van der Waals surface area contributed by atoms with Crippen molar-refractivity contribution in [2.45, 2.75) is 6.61 Å². The summed E-state index contributed by atoms with van der Waals surface area (Å²) in [6.45, 7) is -0.218. The first kappa shape index (κ1) is 14.0. The smallest absolute Gasteiger partial charge is 0.307 e. The molecular weight excluding hydrogens is 296 g/mol. The van der Waals surface area contributed by atoms with Gasteiger partial charge in [-0.15, -0.1) is 5.10 Å². The van der Waals surface area contributed by atoms with Gasteiger partial charge in [-0.25, -0.2) is 10.2 Å². The number of nitro benzene ring substituents is 1. The van der Waals surface area contributed by atoms with Crippen molar-refractivity contribution in [2.24, 2.45) is 5.84 Å². The summed E-state index contributed by atoms with van der Waals surface area (Å²) in [6, 6.07) is 1.05. The molecule has 0 saturated heterocycles. The normalized spacial score (nSPS) is 10.3. The second-order valence-electron chi connectivity index (χ2n) is 3.47. The summed E-state index contributed by atoms with van der Waals surface area (Å²) in [5.74, 6) is 2.47. The SMILES string of the molecule is NNc1snnc1COc1cc(F)c([N+](=O)[O-])cc1F. The van der Waals surface area contributed by atoms with E-state index in [2.05, 4.69) is 15.0 Å². The highest BCUT2D eigenvalue weighted by Gasteiger charge is 2.20. The Morgan fingerprint density at radius 3 is 2.85 bits per heavy atom. The summed E-state index contributed by atoms with van der Waals surface area (Å²) in [6.07, 6.45) is 0. The Labute approximate surface area is 114 Å². The predicted octanol–water partition coefficient (Wildman–Crippen LogP) is 1.59. The molecule has 0 spiro atoms. The third-order valence-corrected chi connectivity index (χ3v) is 2.95. The van der Waals surface area contributed by atoms with Crippen LogP contribution in [0.4, 0.5) is 19.5 Å². The van der Waals surface area contributed by atoms with Crippen LogP contribution in [0.25, 0.3) is 0 Å². The second-order valence-corrected chi connectivity index (χ2v) is 4.23. The summed E-state index contributed by atoms with van der Waals surface area (Å²) in [5.41, 5.74) is 1.66. The molecular formula is C9H7F2N5O3S. The van der Waals surface area contributed by atoms with Gasteiger partial charge < -0.3 is 10.2 Å². The largest absolute Gasteiger partial charge is 0.484 e. The van der Waals surface area contributed by atoms with Gasteiger partial charge in [0.15, 0.2) is 16.6 Å². The molecule has 0 bridgehead atoms. The number of nitro groups is 1. The monoisotopic (exact) mass is 303 g/mol. The molecule has 0 fully saturated rings. The average Bonchev–Trinajstić information content (AvgIpc) is 2.86. The Hall–Kier alpha value is -2.40. The topological polar surface area (TPSA) is 116 Å². The lowest BCUT2D eigenvalue weighted by molar-refractivity contribution is -0.387. The number of rotatable bonds is 5. The molecule has 8 nitrogen and oxygen atoms in total. The second kappa shape index (κ2) is 5.71. The van der Waals surface area contributed by atoms with E-state index in [0.29, 0.717) is 22.8 Å². The molecule has 1 aromatic carbocycles. The average molecular weight is 303 g/mol. The fraction of sp³-hybridized carbons (Fsp3) is 0.111. The lowest BCUT2D eigenvalue weighted by Gasteiger charge is -2.06. The Morgan fingerprint density at radius 1 is 1.45 bits per heavy atom. The summed E-state index contributed by atoms with van der Waals surface area (Å²) in [4.78, 5) is 9.41. The molecule has 2 rings (SSSR count). The molecule has 0 aliphatic carbocycles. The zero-order valence-corrected chi connectivity index (χ0v) is 10.5. The van der Waals surface area contributed by atoms with Crippen LogP contribution in [0.5, 0.6) is 5.75 Å². The van der Waals surface area contributed by atoms with Crippen molar-refractivity contribution in [3.05, 3.63) is 39.6 Å². The van der Waals surface area contributed by atoms with Gasteiger partial charge in [0.2, 0.25) is 5.82 Å². The van der Waals surface area contributed by atoms with Gasteiger partial charge in [-0.3, -0.25) is 10.1 Å². The molecule has 0 amide bonds. The van der Waals surface area contributed by atoms with Crippen molar-refractivity contribution < 1.29 is 18.4 Å². The molecule has 106 valence electrons. The van der Waals surface area contributed by atoms with Crippen molar-refractivity contribution in [3.8, 4) is 5.75 Å². The lowest BCUT2D eigenvalue weighted by atomic mass is 10.3. The van der Waals surface area contributed by atoms with Crippen molar-refractivity contribution >= 4 is 22.2 Å². The van der Waals surface area contributed by atoms with Crippen LogP contribution in [0, 0.1) is 21.7 Å². The van der Waals surface area contributed by atoms with Crippen LogP contribution in [-0.4, -0.2) is 14.5 Å². The van der Waals surface area contributed by atoms with Gasteiger partial charge in [-0.05, 0) is 0 Å². The standard InChI is InChI=1S/C9H7F2N5O3S/c10-4-2-8(5(11)1-7(4)16(17)18)19-3-6-9(13-12)20-15-14-6/h1-2,13H,3,12H2. The van der Waals surface area contributed by atoms with Gasteiger partial charge >= 0.3 is 5.69 Å². The van der Waals surface area contributed by atoms with E-state index in [1.807, 2.05) is 0 Å². The third-order valence-electron chi connectivity index (χ3n) is 2.25. The minimum Gasteiger partial charge on any atom is -0.484 e. The number of aromatic nitrogens is 2. The van der Waals surface area contributed by atoms with Crippen LogP contribution >= 0.6 is 11.5 Å². The molecule has 20 heavy (non-hydrogen) atoms. The van der Waals surface area contributed by atoms with Crippen molar-refractivity contribution in [1.29, 1.82) is 0 Å². The molecule has 1 aromatic heterocycles. The van der Waals surface area contributed by atoms with Crippen LogP contribution in [0.3, 0.4) is 0 Å². The molecule has 3 N–H and O–H groups in total. The Bertz CT molecular complexity index is 651. The number of nitrogens with one attached hydrogen (secondary N) is 1. The summed E-state index contributed by atoms with van der Waals surface area (Å²) in [5, 5.41) is 14.5. The molecule has 0 atom stereocenters. The van der Waals surface area contributed by atoms with E-state index >= 15 is 0 Å². The summed E-state index contributed by atoms with van der Waals surface area (Å²) < 4.78 is 35.5. The Balaban J connectivity index is 2.18. The fourth-order valence-corrected chi connectivity index (χ4v) is 1.81. The van der Waals surface area contributed by atoms with E-state index in [1.54, 1.807) is 0 Å². The molecule has 2 aromatic rings. The minimum atomic E-state index is -1.19. The Kier molecular flexibility index (Phi) is 4.00. The van der Waals surface area contributed by atoms with Crippen LogP contribution in [0.15, 0.2) is 12.1 Å². The molecule has 1 heterocycles. The van der Waals surface area contributed by atoms with E-state index in [9.17, 15) is 18.9 Å². The number of hydrogen-bond acceptors (Lipinski definition) is 8. The number of benzene rings is 1. The highest BCUT2D eigenvalue weighted by molar-refractivity contribution is 7.10. The first-order valence-electron chi connectivity index (χ1n) is 5.07. The van der Waals surface area contributed by atoms with Crippen LogP contribution in [0.1, 0.15) is 5.69 Å². The first-order chi connectivity index (χ1) is 9.52. The number of ether oxygens (including phenoxy) is 1. The fourth-order valence-electron chi connectivity index (χ4n) is 1.33. The minimum absolute atomic E-state index is 0.218. The van der Waals surface area contributed by atoms with Crippen LogP contribution in [0.2, 0.25) is 0 Å². The van der Waals surface area contributed by atoms with Crippen molar-refractivity contribution in [3.63, 3.8) is 0 Å². The lowest BCUT2D eigenvalue weighted by Crippen LogP contribution is -2.09. The van der Waals surface area contributed by atoms with Gasteiger partial charge in [0.1, 0.15) is 12.3 Å². The number of halogens is 2. The van der Waals surface area contributed by atoms with Gasteiger partial charge in [-0.2, -0.15) is 4.39 Å². The molecule has 0 unspecified atom stereocenters. The Morgan fingerprint density at radius 2 is 2.20 bits per heavy atom. The quantitative estimate of drug-likeness (QED) is 0.489. The zero-order valence-electron chi connectivity index (χ0n) is 9.67. The number of nitrogens with two attached hydrogens (primary N) is 1. The van der Waals surface area contributed by atoms with Gasteiger partial charge in [0.25, 0.3) is 0 Å². The number of hydrogen-bond donors (Lipinski definition) is 2. The van der Waals surface area contributed by atoms with Gasteiger partial charge in [0, 0.05) is 17.6 Å². The summed E-state index contributed by atoms with van der Waals surface area (Å²) in [7, 11) is 0. The molecule has 0 aliphatic rings. The van der Waals surface area contributed by atoms with E-state index in [1.165, 1.54) is 0 Å². The van der Waals surface area contributed by atoms with Crippen LogP contribution in [-0.2, 0) is 6.61 Å². The highest BCUT2D eigenvalue weighted by Crippen LogP contribution is 2.27. The number of nitrogens with zero attached hydrogens (tertiary/aromatic N) is 3. The number of anilines is 1. The number of hydrazine groups is 1. The van der Waals surface area contributed by atoms with Crippen molar-refractivity contribution in [2.75, 3.05) is 5.43 Å². The third kappa shape index (κ3) is 2.78. The molecule has 0 aliphatic heterocycles. The highest BCUT2D eigenvalue weighted by atomic mass is 32.1. The van der Waals surface area contributed by atoms with Gasteiger partial charge in [-0.1, -0.05) is 4.49 Å². The molecule has 0 radical (unpaired) electrons. The summed E-state index contributed by atoms with van der Waals surface area (Å²) >= 11 is 0.964. The van der Waals surface area contributed by atoms with Crippen molar-refractivity contribution in [1.82, 2.24) is 9.59 Å².